The molecule has 0 aromatic heterocycles. The lowest BCUT2D eigenvalue weighted by atomic mass is 9.87. The van der Waals surface area contributed by atoms with Crippen LogP contribution in [0.4, 0.5) is 4.79 Å². The summed E-state index contributed by atoms with van der Waals surface area (Å²) in [7, 11) is 0. The van der Waals surface area contributed by atoms with Crippen LogP contribution >= 0.6 is 0 Å². The SMILES string of the molecule is Cc1ccc(OCCNC(=O)NC2CCCC(C)C2)cc1. The summed E-state index contributed by atoms with van der Waals surface area (Å²) in [5, 5.41) is 5.90. The van der Waals surface area contributed by atoms with E-state index in [9.17, 15) is 4.79 Å². The first-order chi connectivity index (χ1) is 10.1. The zero-order valence-electron chi connectivity index (χ0n) is 13.0. The number of aryl methyl sites for hydroxylation is 1. The van der Waals surface area contributed by atoms with Crippen LogP contribution in [0.5, 0.6) is 5.75 Å². The number of urea groups is 1. The van der Waals surface area contributed by atoms with Gasteiger partial charge < -0.3 is 15.4 Å². The van der Waals surface area contributed by atoms with Gasteiger partial charge in [0.15, 0.2) is 0 Å². The highest BCUT2D eigenvalue weighted by molar-refractivity contribution is 5.74. The average molecular weight is 290 g/mol. The first kappa shape index (κ1) is 15.7. The maximum Gasteiger partial charge on any atom is 0.315 e. The van der Waals surface area contributed by atoms with Gasteiger partial charge in [0.25, 0.3) is 0 Å². The molecule has 1 aliphatic rings. The summed E-state index contributed by atoms with van der Waals surface area (Å²) in [5.74, 6) is 1.55. The quantitative estimate of drug-likeness (QED) is 0.818. The number of hydrogen-bond donors (Lipinski definition) is 2. The summed E-state index contributed by atoms with van der Waals surface area (Å²) in [6.45, 7) is 5.29. The Hall–Kier alpha value is -1.71. The molecule has 21 heavy (non-hydrogen) atoms. The molecule has 116 valence electrons. The zero-order chi connectivity index (χ0) is 15.1. The van der Waals surface area contributed by atoms with Gasteiger partial charge in [-0.2, -0.15) is 0 Å². The molecule has 0 saturated heterocycles. The first-order valence-electron chi connectivity index (χ1n) is 7.87. The fourth-order valence-corrected chi connectivity index (χ4v) is 2.77. The smallest absolute Gasteiger partial charge is 0.315 e. The van der Waals surface area contributed by atoms with Gasteiger partial charge >= 0.3 is 6.03 Å². The standard InChI is InChI=1S/C17H26N2O2/c1-13-6-8-16(9-7-13)21-11-10-18-17(20)19-15-5-3-4-14(2)12-15/h6-9,14-15H,3-5,10-12H2,1-2H3,(H2,18,19,20). The van der Waals surface area contributed by atoms with E-state index in [1.807, 2.05) is 31.2 Å². The Kier molecular flexibility index (Phi) is 5.90. The lowest BCUT2D eigenvalue weighted by molar-refractivity contribution is 0.224. The highest BCUT2D eigenvalue weighted by Gasteiger charge is 2.19. The van der Waals surface area contributed by atoms with Crippen LogP contribution in [0.15, 0.2) is 24.3 Å². The van der Waals surface area contributed by atoms with Gasteiger partial charge in [-0.25, -0.2) is 4.79 Å². The van der Waals surface area contributed by atoms with Crippen molar-refractivity contribution in [3.05, 3.63) is 29.8 Å². The van der Waals surface area contributed by atoms with Crippen LogP contribution < -0.4 is 15.4 Å². The molecule has 1 aliphatic carbocycles. The third kappa shape index (κ3) is 5.66. The molecule has 1 aromatic rings. The maximum atomic E-state index is 11.8. The second-order valence-corrected chi connectivity index (χ2v) is 6.03. The van der Waals surface area contributed by atoms with Crippen molar-refractivity contribution in [2.45, 2.75) is 45.6 Å². The minimum atomic E-state index is -0.0818. The first-order valence-corrected chi connectivity index (χ1v) is 7.87. The number of rotatable bonds is 5. The lowest BCUT2D eigenvalue weighted by Crippen LogP contribution is -2.44. The fourth-order valence-electron chi connectivity index (χ4n) is 2.77. The van der Waals surface area contributed by atoms with Crippen molar-refractivity contribution in [2.75, 3.05) is 13.2 Å². The molecule has 4 heteroatoms. The molecule has 0 spiro atoms. The molecule has 2 unspecified atom stereocenters. The summed E-state index contributed by atoms with van der Waals surface area (Å²) in [6.07, 6.45) is 4.68. The van der Waals surface area contributed by atoms with E-state index in [0.717, 1.165) is 18.6 Å². The monoisotopic (exact) mass is 290 g/mol. The number of nitrogens with one attached hydrogen (secondary N) is 2. The number of benzene rings is 1. The number of ether oxygens (including phenoxy) is 1. The third-order valence-electron chi connectivity index (χ3n) is 3.95. The summed E-state index contributed by atoms with van der Waals surface area (Å²) in [4.78, 5) is 11.8. The Morgan fingerprint density at radius 2 is 2.05 bits per heavy atom. The zero-order valence-corrected chi connectivity index (χ0v) is 13.0. The van der Waals surface area contributed by atoms with Crippen molar-refractivity contribution in [1.82, 2.24) is 10.6 Å². The van der Waals surface area contributed by atoms with Gasteiger partial charge in [0.05, 0.1) is 6.54 Å². The Morgan fingerprint density at radius 3 is 2.76 bits per heavy atom. The van der Waals surface area contributed by atoms with Crippen LogP contribution in [-0.2, 0) is 0 Å². The molecule has 1 fully saturated rings. The summed E-state index contributed by atoms with van der Waals surface area (Å²) in [6, 6.07) is 8.16. The molecule has 1 saturated carbocycles. The predicted molar refractivity (Wildman–Crippen MR) is 84.6 cm³/mol. The summed E-state index contributed by atoms with van der Waals surface area (Å²) in [5.41, 5.74) is 1.21. The van der Waals surface area contributed by atoms with Crippen molar-refractivity contribution in [2.24, 2.45) is 5.92 Å². The lowest BCUT2D eigenvalue weighted by Gasteiger charge is -2.27. The topological polar surface area (TPSA) is 50.4 Å². The van der Waals surface area contributed by atoms with Crippen LogP contribution in [0.3, 0.4) is 0 Å². The fraction of sp³-hybridized carbons (Fsp3) is 0.588. The summed E-state index contributed by atoms with van der Waals surface area (Å²) < 4.78 is 5.58. The Bertz CT molecular complexity index is 445. The van der Waals surface area contributed by atoms with Crippen molar-refractivity contribution >= 4 is 6.03 Å². The number of hydrogen-bond acceptors (Lipinski definition) is 2. The van der Waals surface area contributed by atoms with Crippen LogP contribution in [0, 0.1) is 12.8 Å². The second-order valence-electron chi connectivity index (χ2n) is 6.03. The molecule has 0 bridgehead atoms. The molecule has 0 radical (unpaired) electrons. The second kappa shape index (κ2) is 7.91. The van der Waals surface area contributed by atoms with E-state index in [2.05, 4.69) is 17.6 Å². The molecular weight excluding hydrogens is 264 g/mol. The van der Waals surface area contributed by atoms with Gasteiger partial charge in [-0.1, -0.05) is 37.5 Å². The largest absolute Gasteiger partial charge is 0.492 e. The van der Waals surface area contributed by atoms with Crippen LogP contribution in [0.1, 0.15) is 38.2 Å². The van der Waals surface area contributed by atoms with E-state index >= 15 is 0 Å². The number of amides is 2. The van der Waals surface area contributed by atoms with Crippen LogP contribution in [0.2, 0.25) is 0 Å². The van der Waals surface area contributed by atoms with Crippen molar-refractivity contribution < 1.29 is 9.53 Å². The highest BCUT2D eigenvalue weighted by Crippen LogP contribution is 2.23. The number of carbonyl (C=O) groups excluding carboxylic acids is 1. The molecule has 0 heterocycles. The van der Waals surface area contributed by atoms with E-state index in [1.54, 1.807) is 0 Å². The summed E-state index contributed by atoms with van der Waals surface area (Å²) >= 11 is 0. The molecule has 4 nitrogen and oxygen atoms in total. The maximum absolute atomic E-state index is 11.8. The van der Waals surface area contributed by atoms with Gasteiger partial charge in [0.2, 0.25) is 0 Å². The molecule has 2 rings (SSSR count). The van der Waals surface area contributed by atoms with E-state index in [1.165, 1.54) is 18.4 Å². The molecule has 2 N–H and O–H groups in total. The van der Waals surface area contributed by atoms with E-state index < -0.39 is 0 Å². The van der Waals surface area contributed by atoms with Gasteiger partial charge in [0.1, 0.15) is 12.4 Å². The van der Waals surface area contributed by atoms with Crippen LogP contribution in [-0.4, -0.2) is 25.2 Å². The normalized spacial score (nSPS) is 21.6. The van der Waals surface area contributed by atoms with Crippen molar-refractivity contribution in [3.8, 4) is 5.75 Å². The molecule has 0 aliphatic heterocycles. The van der Waals surface area contributed by atoms with Gasteiger partial charge in [-0.05, 0) is 37.8 Å². The minimum Gasteiger partial charge on any atom is -0.492 e. The minimum absolute atomic E-state index is 0.0818. The van der Waals surface area contributed by atoms with E-state index in [-0.39, 0.29) is 6.03 Å². The van der Waals surface area contributed by atoms with Gasteiger partial charge in [-0.3, -0.25) is 0 Å². The Morgan fingerprint density at radius 1 is 1.29 bits per heavy atom. The highest BCUT2D eigenvalue weighted by atomic mass is 16.5. The predicted octanol–water partition coefficient (Wildman–Crippen LogP) is 3.25. The van der Waals surface area contributed by atoms with Crippen molar-refractivity contribution in [3.63, 3.8) is 0 Å². The number of carbonyl (C=O) groups is 1. The molecule has 1 aromatic carbocycles. The molecular formula is C17H26N2O2. The average Bonchev–Trinajstić information content (AvgIpc) is 2.45. The van der Waals surface area contributed by atoms with Gasteiger partial charge in [0, 0.05) is 6.04 Å². The Balaban J connectivity index is 1.59. The van der Waals surface area contributed by atoms with E-state index in [0.29, 0.717) is 25.1 Å². The van der Waals surface area contributed by atoms with Crippen molar-refractivity contribution in [1.29, 1.82) is 0 Å². The van der Waals surface area contributed by atoms with Gasteiger partial charge in [-0.15, -0.1) is 0 Å². The molecule has 2 atom stereocenters. The Labute approximate surface area is 127 Å². The van der Waals surface area contributed by atoms with Crippen LogP contribution in [0.25, 0.3) is 0 Å². The third-order valence-corrected chi connectivity index (χ3v) is 3.95. The molecule has 2 amide bonds. The van der Waals surface area contributed by atoms with E-state index in [4.69, 9.17) is 4.74 Å².